The van der Waals surface area contributed by atoms with Crippen molar-refractivity contribution in [1.29, 1.82) is 0 Å². The maximum atomic E-state index is 11.8. The highest BCUT2D eigenvalue weighted by Gasteiger charge is 2.23. The average Bonchev–Trinajstić information content (AvgIpc) is 2.75. The quantitative estimate of drug-likeness (QED) is 0.812. The highest BCUT2D eigenvalue weighted by Crippen LogP contribution is 2.10. The minimum Gasteiger partial charge on any atom is -0.361 e. The molecule has 1 aliphatic heterocycles. The van der Waals surface area contributed by atoms with Crippen LogP contribution in [0.4, 0.5) is 0 Å². The summed E-state index contributed by atoms with van der Waals surface area (Å²) in [6.45, 7) is 10.0. The number of carbonyl (C=O) groups excluding carboxylic acids is 1. The van der Waals surface area contributed by atoms with Crippen molar-refractivity contribution >= 4 is 5.91 Å². The molecule has 0 radical (unpaired) electrons. The van der Waals surface area contributed by atoms with Crippen molar-refractivity contribution in [3.8, 4) is 0 Å². The van der Waals surface area contributed by atoms with Gasteiger partial charge < -0.3 is 9.42 Å². The second kappa shape index (κ2) is 5.52. The largest absolute Gasteiger partial charge is 0.361 e. The predicted molar refractivity (Wildman–Crippen MR) is 67.9 cm³/mol. The van der Waals surface area contributed by atoms with E-state index in [1.54, 1.807) is 0 Å². The lowest BCUT2D eigenvalue weighted by Crippen LogP contribution is -2.49. The van der Waals surface area contributed by atoms with Crippen LogP contribution >= 0.6 is 0 Å². The first-order valence-electron chi connectivity index (χ1n) is 6.49. The van der Waals surface area contributed by atoms with Crippen LogP contribution in [-0.4, -0.2) is 47.0 Å². The third kappa shape index (κ3) is 3.10. The van der Waals surface area contributed by atoms with Gasteiger partial charge in [-0.2, -0.15) is 0 Å². The Balaban J connectivity index is 1.82. The average molecular weight is 251 g/mol. The zero-order chi connectivity index (χ0) is 13.1. The standard InChI is InChI=1S/C13H21N3O2/c1-10(2)13(17)16-6-4-15(5-7-16)9-12-8-11(3)18-14-12/h8,10H,4-7,9H2,1-3H3. The zero-order valence-electron chi connectivity index (χ0n) is 11.3. The van der Waals surface area contributed by atoms with E-state index in [0.717, 1.165) is 44.2 Å². The molecule has 0 spiro atoms. The van der Waals surface area contributed by atoms with Crippen LogP contribution in [0.2, 0.25) is 0 Å². The van der Waals surface area contributed by atoms with Gasteiger partial charge in [0, 0.05) is 44.7 Å². The first-order chi connectivity index (χ1) is 8.56. The van der Waals surface area contributed by atoms with Gasteiger partial charge in [0.25, 0.3) is 0 Å². The van der Waals surface area contributed by atoms with E-state index in [1.165, 1.54) is 0 Å². The fourth-order valence-corrected chi connectivity index (χ4v) is 2.21. The van der Waals surface area contributed by atoms with E-state index in [4.69, 9.17) is 4.52 Å². The Bertz CT molecular complexity index is 406. The lowest BCUT2D eigenvalue weighted by Gasteiger charge is -2.35. The van der Waals surface area contributed by atoms with E-state index in [2.05, 4.69) is 10.1 Å². The second-order valence-corrected chi connectivity index (χ2v) is 5.19. The van der Waals surface area contributed by atoms with Crippen molar-refractivity contribution in [3.63, 3.8) is 0 Å². The molecular weight excluding hydrogens is 230 g/mol. The summed E-state index contributed by atoms with van der Waals surface area (Å²) < 4.78 is 5.06. The maximum Gasteiger partial charge on any atom is 0.225 e. The van der Waals surface area contributed by atoms with Crippen molar-refractivity contribution in [2.45, 2.75) is 27.3 Å². The Morgan fingerprint density at radius 3 is 2.56 bits per heavy atom. The topological polar surface area (TPSA) is 49.6 Å². The number of hydrogen-bond donors (Lipinski definition) is 0. The highest BCUT2D eigenvalue weighted by molar-refractivity contribution is 5.78. The van der Waals surface area contributed by atoms with E-state index < -0.39 is 0 Å². The van der Waals surface area contributed by atoms with Crippen molar-refractivity contribution in [2.75, 3.05) is 26.2 Å². The molecular formula is C13H21N3O2. The SMILES string of the molecule is Cc1cc(CN2CCN(C(=O)C(C)C)CC2)no1. The number of aromatic nitrogens is 1. The van der Waals surface area contributed by atoms with Crippen molar-refractivity contribution in [1.82, 2.24) is 15.0 Å². The van der Waals surface area contributed by atoms with E-state index in [-0.39, 0.29) is 11.8 Å². The molecule has 0 N–H and O–H groups in total. The van der Waals surface area contributed by atoms with Crippen LogP contribution in [0, 0.1) is 12.8 Å². The summed E-state index contributed by atoms with van der Waals surface area (Å²) in [7, 11) is 0. The van der Waals surface area contributed by atoms with Gasteiger partial charge >= 0.3 is 0 Å². The van der Waals surface area contributed by atoms with Gasteiger partial charge in [-0.25, -0.2) is 0 Å². The van der Waals surface area contributed by atoms with Gasteiger partial charge in [-0.1, -0.05) is 19.0 Å². The number of piperazine rings is 1. The normalized spacial score (nSPS) is 17.4. The summed E-state index contributed by atoms with van der Waals surface area (Å²) in [5.74, 6) is 1.19. The molecule has 0 atom stereocenters. The minimum atomic E-state index is 0.0924. The molecule has 0 saturated carbocycles. The summed E-state index contributed by atoms with van der Waals surface area (Å²) in [4.78, 5) is 16.1. The van der Waals surface area contributed by atoms with Gasteiger partial charge in [-0.3, -0.25) is 9.69 Å². The molecule has 0 aromatic carbocycles. The molecule has 1 aromatic heterocycles. The summed E-state index contributed by atoms with van der Waals surface area (Å²) in [6.07, 6.45) is 0. The fraction of sp³-hybridized carbons (Fsp3) is 0.692. The Labute approximate surface area is 108 Å². The number of aryl methyl sites for hydroxylation is 1. The second-order valence-electron chi connectivity index (χ2n) is 5.19. The molecule has 5 heteroatoms. The molecule has 2 rings (SSSR count). The van der Waals surface area contributed by atoms with Crippen LogP contribution < -0.4 is 0 Å². The smallest absolute Gasteiger partial charge is 0.225 e. The van der Waals surface area contributed by atoms with E-state index >= 15 is 0 Å². The molecule has 100 valence electrons. The van der Waals surface area contributed by atoms with Gasteiger partial charge in [0.15, 0.2) is 0 Å². The molecule has 1 saturated heterocycles. The van der Waals surface area contributed by atoms with Crippen LogP contribution in [0.25, 0.3) is 0 Å². The molecule has 0 unspecified atom stereocenters. The van der Waals surface area contributed by atoms with Gasteiger partial charge in [0.1, 0.15) is 5.76 Å². The van der Waals surface area contributed by atoms with Gasteiger partial charge in [-0.15, -0.1) is 0 Å². The van der Waals surface area contributed by atoms with E-state index in [9.17, 15) is 4.79 Å². The van der Waals surface area contributed by atoms with Crippen LogP contribution in [0.15, 0.2) is 10.6 Å². The van der Waals surface area contributed by atoms with Crippen LogP contribution in [0.3, 0.4) is 0 Å². The van der Waals surface area contributed by atoms with Crippen molar-refractivity contribution in [2.24, 2.45) is 5.92 Å². The van der Waals surface area contributed by atoms with Crippen LogP contribution in [0.1, 0.15) is 25.3 Å². The summed E-state index contributed by atoms with van der Waals surface area (Å²) >= 11 is 0. The van der Waals surface area contributed by atoms with Gasteiger partial charge in [0.05, 0.1) is 5.69 Å². The summed E-state index contributed by atoms with van der Waals surface area (Å²) in [5, 5.41) is 4.00. The minimum absolute atomic E-state index is 0.0924. The number of nitrogens with zero attached hydrogens (tertiary/aromatic N) is 3. The van der Waals surface area contributed by atoms with Crippen molar-refractivity contribution < 1.29 is 9.32 Å². The highest BCUT2D eigenvalue weighted by atomic mass is 16.5. The molecule has 1 aliphatic rings. The molecule has 0 bridgehead atoms. The molecule has 18 heavy (non-hydrogen) atoms. The number of rotatable bonds is 3. The first kappa shape index (κ1) is 13.1. The maximum absolute atomic E-state index is 11.8. The number of amides is 1. The summed E-state index contributed by atoms with van der Waals surface area (Å²) in [6, 6.07) is 1.96. The van der Waals surface area contributed by atoms with E-state index in [0.29, 0.717) is 0 Å². The number of carbonyl (C=O) groups is 1. The molecule has 2 heterocycles. The molecule has 1 fully saturated rings. The molecule has 0 aliphatic carbocycles. The molecule has 1 amide bonds. The number of hydrogen-bond acceptors (Lipinski definition) is 4. The Hall–Kier alpha value is -1.36. The van der Waals surface area contributed by atoms with Crippen molar-refractivity contribution in [3.05, 3.63) is 17.5 Å². The third-order valence-electron chi connectivity index (χ3n) is 3.24. The van der Waals surface area contributed by atoms with E-state index in [1.807, 2.05) is 31.7 Å². The Morgan fingerprint density at radius 2 is 2.06 bits per heavy atom. The predicted octanol–water partition coefficient (Wildman–Crippen LogP) is 1.28. The van der Waals surface area contributed by atoms with Gasteiger partial charge in [-0.05, 0) is 6.92 Å². The Morgan fingerprint density at radius 1 is 1.39 bits per heavy atom. The molecule has 1 aromatic rings. The molecule has 5 nitrogen and oxygen atoms in total. The Kier molecular flexibility index (Phi) is 4.01. The van der Waals surface area contributed by atoms with Crippen LogP contribution in [0.5, 0.6) is 0 Å². The monoisotopic (exact) mass is 251 g/mol. The fourth-order valence-electron chi connectivity index (χ4n) is 2.21. The lowest BCUT2D eigenvalue weighted by atomic mass is 10.1. The third-order valence-corrected chi connectivity index (χ3v) is 3.24. The zero-order valence-corrected chi connectivity index (χ0v) is 11.3. The van der Waals surface area contributed by atoms with Crippen LogP contribution in [-0.2, 0) is 11.3 Å². The summed E-state index contributed by atoms with van der Waals surface area (Å²) in [5.41, 5.74) is 0.969. The lowest BCUT2D eigenvalue weighted by molar-refractivity contribution is -0.136. The van der Waals surface area contributed by atoms with Gasteiger partial charge in [0.2, 0.25) is 5.91 Å². The first-order valence-corrected chi connectivity index (χ1v) is 6.49.